The Hall–Kier alpha value is -1.61. The van der Waals surface area contributed by atoms with Crippen LogP contribution in [0.5, 0.6) is 0 Å². The first-order valence-electron chi connectivity index (χ1n) is 4.71. The molecule has 3 heteroatoms. The highest BCUT2D eigenvalue weighted by Crippen LogP contribution is 2.06. The summed E-state index contributed by atoms with van der Waals surface area (Å²) in [6, 6.07) is 6.90. The van der Waals surface area contributed by atoms with Crippen LogP contribution in [-0.2, 0) is 4.74 Å². The van der Waals surface area contributed by atoms with Crippen LogP contribution < -0.4 is 0 Å². The first kappa shape index (κ1) is 11.5. The summed E-state index contributed by atoms with van der Waals surface area (Å²) in [6.45, 7) is 5.20. The van der Waals surface area contributed by atoms with E-state index in [9.17, 15) is 4.79 Å². The molecule has 0 aliphatic heterocycles. The highest BCUT2D eigenvalue weighted by atomic mass is 16.5. The largest absolute Gasteiger partial charge is 0.459 e. The quantitative estimate of drug-likeness (QED) is 0.765. The highest BCUT2D eigenvalue weighted by molar-refractivity contribution is 5.89. The van der Waals surface area contributed by atoms with Gasteiger partial charge in [-0.3, -0.25) is 0 Å². The molecule has 0 saturated heterocycles. The molecule has 80 valence electrons. The molecular formula is C12H14O3. The Balaban J connectivity index is 2.62. The second-order valence-corrected chi connectivity index (χ2v) is 3.27. The summed E-state index contributed by atoms with van der Waals surface area (Å²) in [5.41, 5.74) is 1.42. The van der Waals surface area contributed by atoms with Crippen LogP contribution in [0.15, 0.2) is 30.8 Å². The number of carbonyl (C=O) groups is 1. The fourth-order valence-electron chi connectivity index (χ4n) is 1.03. The van der Waals surface area contributed by atoms with E-state index in [1.54, 1.807) is 37.3 Å². The van der Waals surface area contributed by atoms with E-state index in [1.807, 2.05) is 0 Å². The van der Waals surface area contributed by atoms with E-state index < -0.39 is 12.1 Å². The molecule has 0 radical (unpaired) electrons. The van der Waals surface area contributed by atoms with Crippen molar-refractivity contribution in [1.82, 2.24) is 0 Å². The lowest BCUT2D eigenvalue weighted by molar-refractivity contribution is 0.0296. The van der Waals surface area contributed by atoms with Crippen molar-refractivity contribution in [3.05, 3.63) is 42.0 Å². The third-order valence-electron chi connectivity index (χ3n) is 1.84. The minimum Gasteiger partial charge on any atom is -0.459 e. The summed E-state index contributed by atoms with van der Waals surface area (Å²) in [5, 5.41) is 8.94. The minimum atomic E-state index is -0.638. The number of benzene rings is 1. The van der Waals surface area contributed by atoms with Gasteiger partial charge in [-0.2, -0.15) is 0 Å². The first-order chi connectivity index (χ1) is 7.13. The molecule has 15 heavy (non-hydrogen) atoms. The maximum atomic E-state index is 11.4. The van der Waals surface area contributed by atoms with Crippen LogP contribution in [0.4, 0.5) is 0 Å². The lowest BCUT2D eigenvalue weighted by atomic mass is 10.1. The van der Waals surface area contributed by atoms with Crippen LogP contribution in [0, 0.1) is 0 Å². The van der Waals surface area contributed by atoms with Gasteiger partial charge in [-0.25, -0.2) is 4.79 Å². The number of carbonyl (C=O) groups excluding carboxylic acids is 1. The number of hydrogen-bond donors (Lipinski definition) is 1. The molecule has 0 saturated carbocycles. The molecule has 1 rings (SSSR count). The molecule has 1 unspecified atom stereocenters. The van der Waals surface area contributed by atoms with E-state index >= 15 is 0 Å². The summed E-state index contributed by atoms with van der Waals surface area (Å²) in [7, 11) is 0. The predicted octanol–water partition coefficient (Wildman–Crippen LogP) is 1.87. The molecule has 0 fully saturated rings. The number of esters is 1. The Labute approximate surface area is 89.0 Å². The third kappa shape index (κ3) is 3.56. The number of hydrogen-bond acceptors (Lipinski definition) is 3. The number of aliphatic hydroxyl groups excluding tert-OH is 1. The molecule has 1 aromatic carbocycles. The highest BCUT2D eigenvalue weighted by Gasteiger charge is 2.07. The van der Waals surface area contributed by atoms with E-state index in [0.29, 0.717) is 5.56 Å². The molecular weight excluding hydrogens is 192 g/mol. The number of aliphatic hydroxyl groups is 1. The molecule has 1 N–H and O–H groups in total. The molecule has 0 aliphatic carbocycles. The summed E-state index contributed by atoms with van der Waals surface area (Å²) >= 11 is 0. The van der Waals surface area contributed by atoms with Gasteiger partial charge in [0.2, 0.25) is 0 Å². The second-order valence-electron chi connectivity index (χ2n) is 3.27. The van der Waals surface area contributed by atoms with Gasteiger partial charge in [0.05, 0.1) is 11.7 Å². The number of ether oxygens (including phenoxy) is 1. The van der Waals surface area contributed by atoms with Crippen LogP contribution in [0.3, 0.4) is 0 Å². The van der Waals surface area contributed by atoms with Crippen molar-refractivity contribution in [2.75, 3.05) is 6.61 Å². The monoisotopic (exact) mass is 206 g/mol. The van der Waals surface area contributed by atoms with Gasteiger partial charge in [-0.05, 0) is 24.6 Å². The molecule has 0 heterocycles. The van der Waals surface area contributed by atoms with Crippen molar-refractivity contribution in [2.45, 2.75) is 13.0 Å². The van der Waals surface area contributed by atoms with Crippen molar-refractivity contribution >= 4 is 12.0 Å². The molecule has 1 atom stereocenters. The van der Waals surface area contributed by atoms with Gasteiger partial charge >= 0.3 is 5.97 Å². The number of rotatable bonds is 4. The molecule has 0 bridgehead atoms. The van der Waals surface area contributed by atoms with Crippen LogP contribution in [0.25, 0.3) is 6.08 Å². The Morgan fingerprint density at radius 2 is 2.13 bits per heavy atom. The fourth-order valence-corrected chi connectivity index (χ4v) is 1.03. The molecule has 0 spiro atoms. The van der Waals surface area contributed by atoms with Gasteiger partial charge in [-0.15, -0.1) is 0 Å². The van der Waals surface area contributed by atoms with E-state index in [1.165, 1.54) is 0 Å². The van der Waals surface area contributed by atoms with Crippen molar-refractivity contribution < 1.29 is 14.6 Å². The van der Waals surface area contributed by atoms with E-state index in [-0.39, 0.29) is 6.61 Å². The molecule has 0 aromatic heterocycles. The zero-order chi connectivity index (χ0) is 11.3. The van der Waals surface area contributed by atoms with Gasteiger partial charge in [0.15, 0.2) is 0 Å². The van der Waals surface area contributed by atoms with Crippen molar-refractivity contribution in [3.63, 3.8) is 0 Å². The zero-order valence-corrected chi connectivity index (χ0v) is 8.64. The molecule has 0 amide bonds. The van der Waals surface area contributed by atoms with Gasteiger partial charge in [0.1, 0.15) is 6.61 Å². The first-order valence-corrected chi connectivity index (χ1v) is 4.71. The normalized spacial score (nSPS) is 11.9. The average molecular weight is 206 g/mol. The lowest BCUT2D eigenvalue weighted by Crippen LogP contribution is -2.15. The third-order valence-corrected chi connectivity index (χ3v) is 1.84. The van der Waals surface area contributed by atoms with Crippen molar-refractivity contribution in [3.8, 4) is 0 Å². The van der Waals surface area contributed by atoms with Gasteiger partial charge < -0.3 is 9.84 Å². The van der Waals surface area contributed by atoms with Crippen molar-refractivity contribution in [1.29, 1.82) is 0 Å². The predicted molar refractivity (Wildman–Crippen MR) is 58.5 cm³/mol. The van der Waals surface area contributed by atoms with E-state index in [4.69, 9.17) is 9.84 Å². The van der Waals surface area contributed by atoms with Crippen LogP contribution in [-0.4, -0.2) is 23.8 Å². The van der Waals surface area contributed by atoms with Crippen molar-refractivity contribution in [2.24, 2.45) is 0 Å². The maximum Gasteiger partial charge on any atom is 0.338 e. The minimum absolute atomic E-state index is 0.0159. The van der Waals surface area contributed by atoms with Crippen LogP contribution in [0.1, 0.15) is 22.8 Å². The second kappa shape index (κ2) is 5.32. The molecule has 1 aromatic rings. The average Bonchev–Trinajstić information content (AvgIpc) is 2.26. The smallest absolute Gasteiger partial charge is 0.338 e. The maximum absolute atomic E-state index is 11.4. The molecule has 3 nitrogen and oxygen atoms in total. The summed E-state index contributed by atoms with van der Waals surface area (Å²) in [5.74, 6) is -0.425. The van der Waals surface area contributed by atoms with Crippen LogP contribution in [0.2, 0.25) is 0 Å². The van der Waals surface area contributed by atoms with Crippen LogP contribution >= 0.6 is 0 Å². The molecule has 0 aliphatic rings. The standard InChI is InChI=1S/C12H14O3/c1-3-10-4-6-11(7-5-10)12(14)15-8-9(2)13/h3-7,9,13H,1,8H2,2H3. The fraction of sp³-hybridized carbons (Fsp3) is 0.250. The SMILES string of the molecule is C=Cc1ccc(C(=O)OCC(C)O)cc1. The zero-order valence-electron chi connectivity index (χ0n) is 8.64. The summed E-state index contributed by atoms with van der Waals surface area (Å²) in [4.78, 5) is 11.4. The Bertz CT molecular complexity index is 338. The Kier molecular flexibility index (Phi) is 4.06. The van der Waals surface area contributed by atoms with E-state index in [2.05, 4.69) is 6.58 Å². The Morgan fingerprint density at radius 1 is 1.53 bits per heavy atom. The van der Waals surface area contributed by atoms with Gasteiger partial charge in [-0.1, -0.05) is 24.8 Å². The lowest BCUT2D eigenvalue weighted by Gasteiger charge is -2.06. The topological polar surface area (TPSA) is 46.5 Å². The van der Waals surface area contributed by atoms with Gasteiger partial charge in [0.25, 0.3) is 0 Å². The Morgan fingerprint density at radius 3 is 2.60 bits per heavy atom. The van der Waals surface area contributed by atoms with Gasteiger partial charge in [0, 0.05) is 0 Å². The van der Waals surface area contributed by atoms with E-state index in [0.717, 1.165) is 5.56 Å². The summed E-state index contributed by atoms with van der Waals surface area (Å²) in [6.07, 6.45) is 1.06. The summed E-state index contributed by atoms with van der Waals surface area (Å²) < 4.78 is 4.85.